The first-order chi connectivity index (χ1) is 20.5. The van der Waals surface area contributed by atoms with Crippen LogP contribution in [0.1, 0.15) is 0 Å². The molecule has 0 aliphatic heterocycles. The van der Waals surface area contributed by atoms with Gasteiger partial charge in [0, 0.05) is 6.16 Å². The molecule has 2 radical (unpaired) electrons. The summed E-state index contributed by atoms with van der Waals surface area (Å²) in [6.45, 7) is 12.7. The van der Waals surface area contributed by atoms with Crippen LogP contribution in [-0.4, -0.2) is 148 Å². The van der Waals surface area contributed by atoms with E-state index in [1.54, 1.807) is 0 Å². The molecule has 4 nitrogen and oxygen atoms in total. The Bertz CT molecular complexity index is 853. The molecular weight excluding hydrogens is 896 g/mol. The third kappa shape index (κ3) is 16.3. The predicted molar refractivity (Wildman–Crippen MR) is 156 cm³/mol. The first kappa shape index (κ1) is 53.2. The third-order valence-corrected chi connectivity index (χ3v) is 10.9. The summed E-state index contributed by atoms with van der Waals surface area (Å²) in [6, 6.07) is 0. The molecule has 0 aromatic rings. The molecule has 2 N–H and O–H groups in total. The molecule has 0 atom stereocenters. The number of rotatable bonds is 10. The Morgan fingerprint density at radius 2 is 0.771 bits per heavy atom. The summed E-state index contributed by atoms with van der Waals surface area (Å²) in [4.78, 5) is 0. The van der Waals surface area contributed by atoms with Crippen LogP contribution in [0.5, 0.6) is 0 Å². The summed E-state index contributed by atoms with van der Waals surface area (Å²) >= 11 is -4.39. The quantitative estimate of drug-likeness (QED) is 0.135. The van der Waals surface area contributed by atoms with Gasteiger partial charge in [0.1, 0.15) is 0 Å². The van der Waals surface area contributed by atoms with E-state index in [1.165, 1.54) is 13.3 Å². The average Bonchev–Trinajstić information content (AvgIpc) is 2.71. The molecule has 0 heterocycles. The molecule has 27 heteroatoms. The molecule has 0 saturated heterocycles. The Kier molecular flexibility index (Phi) is 20.3. The van der Waals surface area contributed by atoms with Crippen molar-refractivity contribution in [2.24, 2.45) is 0 Å². The standard InChI is InChI=1S/C6H9F6OP.2C6H8F6OP.C3H10NSi.Sn/c3*1-14(2)3-4(13,5(7,8)9)6(10,11)12;1-5(2,3)4;/h13H,3H2,1-2H3;2*3H2,1-2H3;4H,1-3H3;/q;3*-1;+2/p+2. The zero-order valence-corrected chi connectivity index (χ0v) is 33.4. The van der Waals surface area contributed by atoms with Crippen molar-refractivity contribution in [1.29, 1.82) is 0 Å². The van der Waals surface area contributed by atoms with Gasteiger partial charge in [-0.15, -0.1) is 7.92 Å². The molecule has 292 valence electrons. The minimum Gasteiger partial charge on any atom is -0.680 e. The maximum Gasteiger partial charge on any atom is -0.0701 e. The Morgan fingerprint density at radius 3 is 0.875 bits per heavy atom. The van der Waals surface area contributed by atoms with Gasteiger partial charge in [-0.1, -0.05) is 27.9 Å². The summed E-state index contributed by atoms with van der Waals surface area (Å²) < 4.78 is 238. The second kappa shape index (κ2) is 18.3. The largest absolute Gasteiger partial charge is 0.680 e. The fourth-order valence-electron chi connectivity index (χ4n) is 2.98. The van der Waals surface area contributed by atoms with Crippen LogP contribution in [0.3, 0.4) is 0 Å². The van der Waals surface area contributed by atoms with Crippen molar-refractivity contribution in [3.8, 4) is 0 Å². The van der Waals surface area contributed by atoms with E-state index in [9.17, 15) is 79.0 Å². The van der Waals surface area contributed by atoms with Crippen molar-refractivity contribution in [3.63, 3.8) is 0 Å². The number of nitrogens with one attached hydrogen (secondary N) is 1. The molecule has 0 spiro atoms. The van der Waals surface area contributed by atoms with Gasteiger partial charge in [0.05, 0.1) is 0 Å². The number of hydrogen-bond acceptors (Lipinski definition) is 3. The van der Waals surface area contributed by atoms with Crippen LogP contribution >= 0.6 is 23.8 Å². The second-order valence-corrected chi connectivity index (χ2v) is 26.2. The fraction of sp³-hybridized carbons (Fsp3) is 1.00. The van der Waals surface area contributed by atoms with E-state index in [1.807, 2.05) is 19.6 Å². The number of aliphatic hydroxyl groups is 1. The molecule has 0 saturated carbocycles. The zero-order chi connectivity index (χ0) is 40.0. The first-order valence-electron chi connectivity index (χ1n) is 12.7. The van der Waals surface area contributed by atoms with Gasteiger partial charge in [-0.2, -0.15) is 26.3 Å². The third-order valence-electron chi connectivity index (χ3n) is 4.95. The van der Waals surface area contributed by atoms with Crippen LogP contribution in [0.4, 0.5) is 79.0 Å². The topological polar surface area (TPSA) is 62.5 Å². The van der Waals surface area contributed by atoms with E-state index in [4.69, 9.17) is 10.5 Å². The summed E-state index contributed by atoms with van der Waals surface area (Å²) in [6.07, 6.45) is -40.4. The maximum atomic E-state index is 13.2. The van der Waals surface area contributed by atoms with E-state index in [-0.39, 0.29) is 0 Å². The molecule has 0 aliphatic carbocycles. The predicted octanol–water partition coefficient (Wildman–Crippen LogP) is 9.69. The van der Waals surface area contributed by atoms with E-state index in [0.29, 0.717) is 0 Å². The van der Waals surface area contributed by atoms with Crippen LogP contribution < -0.4 is 0 Å². The summed E-state index contributed by atoms with van der Waals surface area (Å²) in [5.41, 5.74) is -14.3. The normalized spacial score (nSPS) is 15.0. The van der Waals surface area contributed by atoms with Gasteiger partial charge in [-0.25, -0.2) is 0 Å². The molecule has 0 fully saturated rings. The molecule has 0 aromatic heterocycles. The van der Waals surface area contributed by atoms with Crippen LogP contribution in [-0.2, 0) is 6.15 Å². The van der Waals surface area contributed by atoms with Crippen molar-refractivity contribution in [3.05, 3.63) is 5.40 Å². The molecule has 0 amide bonds. The second-order valence-electron chi connectivity index (χ2n) is 12.0. The van der Waals surface area contributed by atoms with Crippen molar-refractivity contribution in [1.82, 2.24) is 0 Å². The molecule has 0 aliphatic rings. The Labute approximate surface area is 281 Å². The van der Waals surface area contributed by atoms with Gasteiger partial charge in [-0.3, -0.25) is 0 Å². The molecule has 0 rings (SSSR count). The van der Waals surface area contributed by atoms with Crippen molar-refractivity contribution >= 4 is 54.0 Å². The van der Waals surface area contributed by atoms with E-state index in [2.05, 4.69) is 6.15 Å². The first-order valence-corrected chi connectivity index (χ1v) is 26.3. The fourth-order valence-corrected chi connectivity index (χ4v) is 10.7. The molecule has 0 bridgehead atoms. The van der Waals surface area contributed by atoms with E-state index < -0.39 is 126 Å². The van der Waals surface area contributed by atoms with E-state index >= 15 is 0 Å². The summed E-state index contributed by atoms with van der Waals surface area (Å²) in [7, 11) is -7.52. The van der Waals surface area contributed by atoms with Crippen LogP contribution in [0, 0.1) is 0 Å². The molecule has 0 unspecified atom stereocenters. The minimum atomic E-state index is -6.11. The average molecular weight is 933 g/mol. The molecule has 0 aromatic carbocycles. The number of hydrogen-bond donors (Lipinski definition) is 1. The number of halogens is 18. The van der Waals surface area contributed by atoms with Crippen molar-refractivity contribution in [2.45, 2.75) is 73.5 Å². The van der Waals surface area contributed by atoms with Gasteiger partial charge in [0.25, 0.3) is 5.60 Å². The molecular formula is C21H37F18NO3P3SiSn+. The summed E-state index contributed by atoms with van der Waals surface area (Å²) in [5, 5.41) is 15.7. The van der Waals surface area contributed by atoms with Crippen LogP contribution in [0.25, 0.3) is 5.40 Å². The van der Waals surface area contributed by atoms with Gasteiger partial charge < -0.3 is 10.5 Å². The number of alkyl halides is 18. The molecule has 48 heavy (non-hydrogen) atoms. The SMILES string of the molecule is CP(C)CC(O)(C(F)(F)F)C(F)(F)F.C[PH+](C)CC([O][Sn][O]C(C[PH+](C)C)(C(F)(F)F)C(F)(F)F)(C(F)(F)F)C(F)(F)F.C[Si](C)(C)[NH-]. The van der Waals surface area contributed by atoms with E-state index in [0.717, 1.165) is 26.7 Å². The van der Waals surface area contributed by atoms with Crippen molar-refractivity contribution < 1.29 is 90.3 Å². The maximum absolute atomic E-state index is 13.2. The van der Waals surface area contributed by atoms with Crippen LogP contribution in [0.2, 0.25) is 19.6 Å². The Morgan fingerprint density at radius 1 is 0.562 bits per heavy atom. The monoisotopic (exact) mass is 934 g/mol. The van der Waals surface area contributed by atoms with Crippen LogP contribution in [0.15, 0.2) is 0 Å². The van der Waals surface area contributed by atoms with Gasteiger partial charge in [-0.05, 0) is 13.3 Å². The smallest absolute Gasteiger partial charge is 0.0701 e. The minimum absolute atomic E-state index is 1.06. The Balaban J connectivity index is -0.000000877. The van der Waals surface area contributed by atoms with Crippen molar-refractivity contribution in [2.75, 3.05) is 58.5 Å². The van der Waals surface area contributed by atoms with Gasteiger partial charge in [0.15, 0.2) is 0 Å². The summed E-state index contributed by atoms with van der Waals surface area (Å²) in [5.74, 6) is 0. The Hall–Kier alpha value is 0.886. The van der Waals surface area contributed by atoms with Gasteiger partial charge >= 0.3 is 184 Å². The van der Waals surface area contributed by atoms with Gasteiger partial charge in [0.2, 0.25) is 0 Å². The zero-order valence-electron chi connectivity index (χ0n) is 26.6.